The first-order valence-electron chi connectivity index (χ1n) is 12.3. The molecule has 8 heteroatoms. The number of hydrogen-bond acceptors (Lipinski definition) is 5. The summed E-state index contributed by atoms with van der Waals surface area (Å²) in [7, 11) is 3.61. The molecule has 2 fully saturated rings. The number of aromatic nitrogens is 4. The number of carbonyl (C=O) groups excluding carboxylic acids is 1. The van der Waals surface area contributed by atoms with Gasteiger partial charge in [0.25, 0.3) is 5.91 Å². The van der Waals surface area contributed by atoms with Crippen LogP contribution in [0.5, 0.6) is 5.75 Å². The molecule has 178 valence electrons. The molecule has 0 bridgehead atoms. The average molecular weight is 469 g/mol. The highest BCUT2D eigenvalue weighted by atomic mass is 16.5. The normalized spacial score (nSPS) is 18.2. The maximum atomic E-state index is 13.3. The third-order valence-corrected chi connectivity index (χ3v) is 7.31. The van der Waals surface area contributed by atoms with E-state index in [1.165, 1.54) is 12.8 Å². The van der Waals surface area contributed by atoms with Gasteiger partial charge in [-0.3, -0.25) is 4.79 Å². The first kappa shape index (κ1) is 21.7. The predicted molar refractivity (Wildman–Crippen MR) is 133 cm³/mol. The van der Waals surface area contributed by atoms with Gasteiger partial charge in [0.1, 0.15) is 16.9 Å². The fraction of sp³-hybridized carbons (Fsp3) is 0.407. The van der Waals surface area contributed by atoms with Crippen molar-refractivity contribution in [2.24, 2.45) is 18.9 Å². The summed E-state index contributed by atoms with van der Waals surface area (Å²) >= 11 is 0. The largest absolute Gasteiger partial charge is 0.494 e. The van der Waals surface area contributed by atoms with Gasteiger partial charge >= 0.3 is 0 Å². The molecule has 0 spiro atoms. The maximum absolute atomic E-state index is 13.3. The van der Waals surface area contributed by atoms with Crippen LogP contribution >= 0.6 is 0 Å². The smallest absolute Gasteiger partial charge is 0.254 e. The Morgan fingerprint density at radius 1 is 1.26 bits per heavy atom. The van der Waals surface area contributed by atoms with Crippen molar-refractivity contribution in [2.45, 2.75) is 32.2 Å². The van der Waals surface area contributed by atoms with Crippen LogP contribution in [0.2, 0.25) is 0 Å². The fourth-order valence-electron chi connectivity index (χ4n) is 5.28. The first-order valence-corrected chi connectivity index (χ1v) is 12.3. The van der Waals surface area contributed by atoms with Gasteiger partial charge in [-0.2, -0.15) is 5.26 Å². The van der Waals surface area contributed by atoms with Gasteiger partial charge in [-0.15, -0.1) is 0 Å². The lowest BCUT2D eigenvalue weighted by Gasteiger charge is -2.29. The third kappa shape index (κ3) is 3.72. The van der Waals surface area contributed by atoms with Crippen molar-refractivity contribution in [3.05, 3.63) is 42.1 Å². The number of nitriles is 1. The van der Waals surface area contributed by atoms with E-state index < -0.39 is 0 Å². The fourth-order valence-corrected chi connectivity index (χ4v) is 5.28. The van der Waals surface area contributed by atoms with Crippen LogP contribution in [0.15, 0.2) is 36.5 Å². The highest BCUT2D eigenvalue weighted by molar-refractivity contribution is 6.00. The van der Waals surface area contributed by atoms with Crippen LogP contribution in [0.1, 0.15) is 36.0 Å². The quantitative estimate of drug-likeness (QED) is 0.434. The van der Waals surface area contributed by atoms with Crippen molar-refractivity contribution < 1.29 is 9.53 Å². The van der Waals surface area contributed by atoms with Crippen LogP contribution in [0.3, 0.4) is 0 Å². The van der Waals surface area contributed by atoms with E-state index in [0.29, 0.717) is 30.3 Å². The first-order chi connectivity index (χ1) is 17.1. The number of amides is 1. The zero-order valence-corrected chi connectivity index (χ0v) is 20.1. The second kappa shape index (κ2) is 8.42. The number of fused-ring (bicyclic) bond motifs is 2. The van der Waals surface area contributed by atoms with E-state index in [1.54, 1.807) is 18.1 Å². The number of benzene rings is 1. The van der Waals surface area contributed by atoms with E-state index in [0.717, 1.165) is 53.0 Å². The number of ether oxygens (including phenoxy) is 1. The lowest BCUT2D eigenvalue weighted by Crippen LogP contribution is -2.39. The highest BCUT2D eigenvalue weighted by Crippen LogP contribution is 2.37. The SMILES string of the molecule is COc1cc(C(=O)N2CCCC(C#N)C2)cc2nc(-c3cc4cccnc4n3CC3CC3)n(C)c12. The molecule has 2 aliphatic rings. The summed E-state index contributed by atoms with van der Waals surface area (Å²) < 4.78 is 10.1. The van der Waals surface area contributed by atoms with Gasteiger partial charge in [-0.05, 0) is 61.9 Å². The molecular formula is C27H28N6O2. The molecule has 3 aromatic heterocycles. The van der Waals surface area contributed by atoms with E-state index in [4.69, 9.17) is 9.72 Å². The van der Waals surface area contributed by atoms with E-state index in [1.807, 2.05) is 29.9 Å². The summed E-state index contributed by atoms with van der Waals surface area (Å²) in [6.07, 6.45) is 6.02. The molecule has 4 aromatic rings. The summed E-state index contributed by atoms with van der Waals surface area (Å²) in [5.41, 5.74) is 4.10. The van der Waals surface area contributed by atoms with Gasteiger partial charge in [0.2, 0.25) is 0 Å². The molecule has 6 rings (SSSR count). The van der Waals surface area contributed by atoms with Gasteiger partial charge in [-0.25, -0.2) is 9.97 Å². The van der Waals surface area contributed by atoms with Crippen molar-refractivity contribution >= 4 is 28.0 Å². The summed E-state index contributed by atoms with van der Waals surface area (Å²) in [5, 5.41) is 10.4. The number of rotatable bonds is 5. The van der Waals surface area contributed by atoms with Crippen LogP contribution < -0.4 is 4.74 Å². The molecule has 1 aliphatic carbocycles. The molecular weight excluding hydrogens is 440 g/mol. The Balaban J connectivity index is 1.46. The second-order valence-corrected chi connectivity index (χ2v) is 9.76. The monoisotopic (exact) mass is 468 g/mol. The van der Waals surface area contributed by atoms with Crippen LogP contribution in [0, 0.1) is 23.2 Å². The van der Waals surface area contributed by atoms with Crippen LogP contribution in [-0.4, -0.2) is 50.1 Å². The van der Waals surface area contributed by atoms with Crippen LogP contribution in [0.25, 0.3) is 33.6 Å². The minimum absolute atomic E-state index is 0.0793. The van der Waals surface area contributed by atoms with Crippen molar-refractivity contribution in [1.29, 1.82) is 5.26 Å². The van der Waals surface area contributed by atoms with E-state index in [9.17, 15) is 10.1 Å². The standard InChI is InChI=1S/C27H28N6O2/c1-31-24-21(11-20(13-23(24)35-2)27(34)32-10-4-5-18(14-28)15-32)30-26(31)22-12-19-6-3-9-29-25(19)33(22)16-17-7-8-17/h3,6,9,11-13,17-18H,4-5,7-8,10,15-16H2,1-2H3. The predicted octanol–water partition coefficient (Wildman–Crippen LogP) is 4.38. The van der Waals surface area contributed by atoms with E-state index in [-0.39, 0.29) is 11.8 Å². The van der Waals surface area contributed by atoms with Crippen LogP contribution in [0.4, 0.5) is 0 Å². The number of imidazole rings is 1. The Bertz CT molecular complexity index is 1490. The molecule has 1 atom stereocenters. The van der Waals surface area contributed by atoms with E-state index in [2.05, 4.69) is 27.8 Å². The molecule has 1 unspecified atom stereocenters. The third-order valence-electron chi connectivity index (χ3n) is 7.31. The molecule has 0 radical (unpaired) electrons. The average Bonchev–Trinajstić information content (AvgIpc) is 3.56. The number of hydrogen-bond donors (Lipinski definition) is 0. The zero-order valence-electron chi connectivity index (χ0n) is 20.1. The molecule has 1 saturated carbocycles. The number of pyridine rings is 1. The number of piperidine rings is 1. The molecule has 1 aliphatic heterocycles. The van der Waals surface area contributed by atoms with Crippen molar-refractivity contribution in [3.8, 4) is 23.3 Å². The lowest BCUT2D eigenvalue weighted by atomic mass is 9.99. The minimum Gasteiger partial charge on any atom is -0.494 e. The molecule has 1 aromatic carbocycles. The van der Waals surface area contributed by atoms with Gasteiger partial charge in [0, 0.05) is 43.8 Å². The van der Waals surface area contributed by atoms with E-state index >= 15 is 0 Å². The Morgan fingerprint density at radius 2 is 2.11 bits per heavy atom. The van der Waals surface area contributed by atoms with Crippen molar-refractivity contribution in [1.82, 2.24) is 24.0 Å². The minimum atomic E-state index is -0.109. The number of methoxy groups -OCH3 is 1. The topological polar surface area (TPSA) is 89.0 Å². The van der Waals surface area contributed by atoms with Gasteiger partial charge in [-0.1, -0.05) is 0 Å². The van der Waals surface area contributed by atoms with Crippen LogP contribution in [-0.2, 0) is 13.6 Å². The Labute approximate surface area is 203 Å². The molecule has 1 saturated heterocycles. The highest BCUT2D eigenvalue weighted by Gasteiger charge is 2.28. The second-order valence-electron chi connectivity index (χ2n) is 9.76. The summed E-state index contributed by atoms with van der Waals surface area (Å²) in [6, 6.07) is 12.2. The van der Waals surface area contributed by atoms with Gasteiger partial charge in [0.05, 0.1) is 30.3 Å². The summed E-state index contributed by atoms with van der Waals surface area (Å²) in [4.78, 5) is 24.8. The Morgan fingerprint density at radius 3 is 2.89 bits per heavy atom. The maximum Gasteiger partial charge on any atom is 0.254 e. The molecule has 4 heterocycles. The summed E-state index contributed by atoms with van der Waals surface area (Å²) in [6.45, 7) is 2.06. The van der Waals surface area contributed by atoms with Gasteiger partial charge < -0.3 is 18.8 Å². The number of aryl methyl sites for hydroxylation is 1. The molecule has 35 heavy (non-hydrogen) atoms. The lowest BCUT2D eigenvalue weighted by molar-refractivity contribution is 0.0698. The Kier molecular flexibility index (Phi) is 5.21. The zero-order chi connectivity index (χ0) is 24.1. The van der Waals surface area contributed by atoms with Crippen molar-refractivity contribution in [2.75, 3.05) is 20.2 Å². The van der Waals surface area contributed by atoms with Gasteiger partial charge in [0.15, 0.2) is 5.82 Å². The Hall–Kier alpha value is -3.86. The van der Waals surface area contributed by atoms with Crippen molar-refractivity contribution in [3.63, 3.8) is 0 Å². The number of nitrogens with zero attached hydrogens (tertiary/aromatic N) is 6. The summed E-state index contributed by atoms with van der Waals surface area (Å²) in [5.74, 6) is 1.93. The molecule has 0 N–H and O–H groups in total. The molecule has 8 nitrogen and oxygen atoms in total. The molecule has 1 amide bonds. The number of likely N-dealkylation sites (tertiary alicyclic amines) is 1. The number of carbonyl (C=O) groups is 1.